The standard InChI is InChI=1S/C22H29N3O.2ClH/c1-16-10-11-20(23)13-21(16)22(26)24-14-18-8-3-4-9-19(18)15-25-12-6-5-7-17(25)2;;/h3-4,8-11,13,17H,5-7,12,14-15,23H2,1-2H3,(H,24,26);2*1H. The highest BCUT2D eigenvalue weighted by Gasteiger charge is 2.19. The summed E-state index contributed by atoms with van der Waals surface area (Å²) < 4.78 is 0. The summed E-state index contributed by atoms with van der Waals surface area (Å²) >= 11 is 0. The van der Waals surface area contributed by atoms with Crippen LogP contribution in [0.25, 0.3) is 0 Å². The Labute approximate surface area is 180 Å². The fourth-order valence-corrected chi connectivity index (χ4v) is 3.65. The quantitative estimate of drug-likeness (QED) is 0.683. The van der Waals surface area contributed by atoms with Gasteiger partial charge in [0, 0.05) is 30.4 Å². The minimum atomic E-state index is -0.0732. The number of piperidine rings is 1. The first kappa shape index (κ1) is 24.3. The number of likely N-dealkylation sites (tertiary alicyclic amines) is 1. The van der Waals surface area contributed by atoms with E-state index in [1.54, 1.807) is 6.07 Å². The summed E-state index contributed by atoms with van der Waals surface area (Å²) in [7, 11) is 0. The van der Waals surface area contributed by atoms with E-state index >= 15 is 0 Å². The number of halogens is 2. The molecule has 0 aliphatic carbocycles. The average Bonchev–Trinajstić information content (AvgIpc) is 2.64. The number of nitrogens with two attached hydrogens (primary N) is 1. The van der Waals surface area contributed by atoms with Crippen LogP contribution in [0.2, 0.25) is 0 Å². The summed E-state index contributed by atoms with van der Waals surface area (Å²) in [5.41, 5.74) is 10.5. The number of benzene rings is 2. The monoisotopic (exact) mass is 423 g/mol. The largest absolute Gasteiger partial charge is 0.399 e. The first-order chi connectivity index (χ1) is 12.5. The second-order valence-electron chi connectivity index (χ2n) is 7.34. The fraction of sp³-hybridized carbons (Fsp3) is 0.409. The summed E-state index contributed by atoms with van der Waals surface area (Å²) in [6.45, 7) is 6.88. The zero-order valence-electron chi connectivity index (χ0n) is 16.6. The molecule has 3 N–H and O–H groups in total. The number of nitrogen functional groups attached to an aromatic ring is 1. The Morgan fingerprint density at radius 1 is 1.14 bits per heavy atom. The fourth-order valence-electron chi connectivity index (χ4n) is 3.65. The van der Waals surface area contributed by atoms with Crippen LogP contribution in [0, 0.1) is 6.92 Å². The zero-order chi connectivity index (χ0) is 18.5. The van der Waals surface area contributed by atoms with Crippen molar-refractivity contribution < 1.29 is 4.79 Å². The molecule has 1 aliphatic heterocycles. The molecular formula is C22H31Cl2N3O. The molecule has 3 rings (SSSR count). The maximum absolute atomic E-state index is 12.6. The van der Waals surface area contributed by atoms with Gasteiger partial charge in [-0.05, 0) is 62.1 Å². The van der Waals surface area contributed by atoms with Gasteiger partial charge in [-0.15, -0.1) is 24.8 Å². The molecule has 0 bridgehead atoms. The first-order valence-corrected chi connectivity index (χ1v) is 9.50. The van der Waals surface area contributed by atoms with Crippen molar-refractivity contribution in [1.82, 2.24) is 10.2 Å². The van der Waals surface area contributed by atoms with Gasteiger partial charge in [-0.25, -0.2) is 0 Å². The van der Waals surface area contributed by atoms with Crippen LogP contribution in [0.1, 0.15) is 53.2 Å². The van der Waals surface area contributed by atoms with Gasteiger partial charge in [0.15, 0.2) is 0 Å². The van der Waals surface area contributed by atoms with Crippen molar-refractivity contribution in [3.8, 4) is 0 Å². The molecule has 1 unspecified atom stereocenters. The lowest BCUT2D eigenvalue weighted by atomic mass is 10.0. The maximum Gasteiger partial charge on any atom is 0.251 e. The van der Waals surface area contributed by atoms with Crippen LogP contribution in [0.15, 0.2) is 42.5 Å². The summed E-state index contributed by atoms with van der Waals surface area (Å²) in [5.74, 6) is -0.0732. The molecule has 1 amide bonds. The highest BCUT2D eigenvalue weighted by atomic mass is 35.5. The maximum atomic E-state index is 12.6. The lowest BCUT2D eigenvalue weighted by Crippen LogP contribution is -2.37. The third kappa shape index (κ3) is 6.13. The van der Waals surface area contributed by atoms with Gasteiger partial charge in [-0.2, -0.15) is 0 Å². The lowest BCUT2D eigenvalue weighted by Gasteiger charge is -2.33. The van der Waals surface area contributed by atoms with Crippen molar-refractivity contribution in [3.05, 3.63) is 64.7 Å². The number of hydrogen-bond donors (Lipinski definition) is 2. The normalized spacial score (nSPS) is 16.6. The molecule has 0 aromatic heterocycles. The van der Waals surface area contributed by atoms with E-state index < -0.39 is 0 Å². The van der Waals surface area contributed by atoms with Crippen LogP contribution < -0.4 is 11.1 Å². The van der Waals surface area contributed by atoms with E-state index in [4.69, 9.17) is 5.73 Å². The highest BCUT2D eigenvalue weighted by molar-refractivity contribution is 5.96. The van der Waals surface area contributed by atoms with Gasteiger partial charge in [-0.1, -0.05) is 36.8 Å². The Hall–Kier alpha value is -1.75. The van der Waals surface area contributed by atoms with Crippen LogP contribution in [-0.2, 0) is 13.1 Å². The molecule has 2 aromatic rings. The van der Waals surface area contributed by atoms with Crippen molar-refractivity contribution in [3.63, 3.8) is 0 Å². The summed E-state index contributed by atoms with van der Waals surface area (Å²) in [5, 5.41) is 3.06. The van der Waals surface area contributed by atoms with Crippen LogP contribution in [0.4, 0.5) is 5.69 Å². The SMILES string of the molecule is Cc1ccc(N)cc1C(=O)NCc1ccccc1CN1CCCCC1C.Cl.Cl. The number of carbonyl (C=O) groups excluding carboxylic acids is 1. The van der Waals surface area contributed by atoms with E-state index in [-0.39, 0.29) is 30.7 Å². The molecule has 0 saturated carbocycles. The molecule has 1 heterocycles. The molecule has 0 spiro atoms. The molecule has 1 atom stereocenters. The van der Waals surface area contributed by atoms with Gasteiger partial charge in [0.05, 0.1) is 0 Å². The highest BCUT2D eigenvalue weighted by Crippen LogP contribution is 2.21. The van der Waals surface area contributed by atoms with Gasteiger partial charge in [0.1, 0.15) is 0 Å². The third-order valence-corrected chi connectivity index (χ3v) is 5.38. The van der Waals surface area contributed by atoms with E-state index in [2.05, 4.69) is 35.3 Å². The first-order valence-electron chi connectivity index (χ1n) is 9.50. The Kier molecular flexibility index (Phi) is 9.80. The second kappa shape index (κ2) is 11.3. The van der Waals surface area contributed by atoms with E-state index in [9.17, 15) is 4.79 Å². The Morgan fingerprint density at radius 2 is 1.86 bits per heavy atom. The van der Waals surface area contributed by atoms with E-state index in [1.165, 1.54) is 30.4 Å². The van der Waals surface area contributed by atoms with E-state index in [0.29, 0.717) is 23.8 Å². The van der Waals surface area contributed by atoms with E-state index in [1.807, 2.05) is 25.1 Å². The molecule has 2 aromatic carbocycles. The topological polar surface area (TPSA) is 58.4 Å². The van der Waals surface area contributed by atoms with Crippen LogP contribution >= 0.6 is 24.8 Å². The minimum Gasteiger partial charge on any atom is -0.399 e. The molecule has 154 valence electrons. The van der Waals surface area contributed by atoms with Crippen molar-refractivity contribution in [1.29, 1.82) is 0 Å². The van der Waals surface area contributed by atoms with Gasteiger partial charge in [-0.3, -0.25) is 9.69 Å². The third-order valence-electron chi connectivity index (χ3n) is 5.38. The molecule has 0 radical (unpaired) electrons. The number of hydrogen-bond acceptors (Lipinski definition) is 3. The van der Waals surface area contributed by atoms with Gasteiger partial charge in [0.2, 0.25) is 0 Å². The number of rotatable bonds is 5. The summed E-state index contributed by atoms with van der Waals surface area (Å²) in [6, 6.07) is 14.5. The van der Waals surface area contributed by atoms with Crippen LogP contribution in [0.3, 0.4) is 0 Å². The summed E-state index contributed by atoms with van der Waals surface area (Å²) in [4.78, 5) is 15.1. The van der Waals surface area contributed by atoms with Crippen molar-refractivity contribution in [2.24, 2.45) is 0 Å². The zero-order valence-corrected chi connectivity index (χ0v) is 18.2. The van der Waals surface area contributed by atoms with Crippen molar-refractivity contribution >= 4 is 36.4 Å². The smallest absolute Gasteiger partial charge is 0.251 e. The van der Waals surface area contributed by atoms with Crippen molar-refractivity contribution in [2.45, 2.75) is 52.2 Å². The lowest BCUT2D eigenvalue weighted by molar-refractivity contribution is 0.0950. The van der Waals surface area contributed by atoms with Crippen LogP contribution in [0.5, 0.6) is 0 Å². The predicted molar refractivity (Wildman–Crippen MR) is 121 cm³/mol. The second-order valence-corrected chi connectivity index (χ2v) is 7.34. The Bertz CT molecular complexity index is 782. The number of anilines is 1. The number of aryl methyl sites for hydroxylation is 1. The number of nitrogens with one attached hydrogen (secondary N) is 1. The molecule has 4 nitrogen and oxygen atoms in total. The molecule has 1 saturated heterocycles. The molecule has 1 fully saturated rings. The van der Waals surface area contributed by atoms with Gasteiger partial charge < -0.3 is 11.1 Å². The Morgan fingerprint density at radius 3 is 2.57 bits per heavy atom. The number of amides is 1. The van der Waals surface area contributed by atoms with Gasteiger partial charge in [0.25, 0.3) is 5.91 Å². The molecule has 1 aliphatic rings. The average molecular weight is 424 g/mol. The predicted octanol–water partition coefficient (Wildman–Crippen LogP) is 4.73. The molecule has 6 heteroatoms. The van der Waals surface area contributed by atoms with Gasteiger partial charge >= 0.3 is 0 Å². The number of nitrogens with zero attached hydrogens (tertiary/aromatic N) is 1. The molecule has 28 heavy (non-hydrogen) atoms. The van der Waals surface area contributed by atoms with Crippen molar-refractivity contribution in [2.75, 3.05) is 12.3 Å². The Balaban J connectivity index is 0.00000196. The molecular weight excluding hydrogens is 393 g/mol. The van der Waals surface area contributed by atoms with E-state index in [0.717, 1.165) is 18.7 Å². The summed E-state index contributed by atoms with van der Waals surface area (Å²) in [6.07, 6.45) is 3.88. The minimum absolute atomic E-state index is 0. The number of carbonyl (C=O) groups is 1. The van der Waals surface area contributed by atoms with Crippen LogP contribution in [-0.4, -0.2) is 23.4 Å².